The first kappa shape index (κ1) is 17.9. The minimum absolute atomic E-state index is 0.127. The van der Waals surface area contributed by atoms with Crippen LogP contribution in [0.2, 0.25) is 0 Å². The monoisotopic (exact) mass is 426 g/mol. The first-order valence-electron chi connectivity index (χ1n) is 6.33. The van der Waals surface area contributed by atoms with Crippen LogP contribution in [0, 0.1) is 5.92 Å². The van der Waals surface area contributed by atoms with Crippen LogP contribution in [0.15, 0.2) is 26.0 Å². The topological polar surface area (TPSA) is 63.4 Å². The number of rotatable bonds is 5. The smallest absolute Gasteiger partial charge is 0.246 e. The molecule has 1 aromatic carbocycles. The third kappa shape index (κ3) is 3.96. The average molecular weight is 428 g/mol. The highest BCUT2D eigenvalue weighted by Crippen LogP contribution is 2.34. The van der Waals surface area contributed by atoms with Gasteiger partial charge >= 0.3 is 0 Å². The first-order chi connectivity index (χ1) is 9.07. The van der Waals surface area contributed by atoms with E-state index in [-0.39, 0.29) is 22.5 Å². The van der Waals surface area contributed by atoms with E-state index in [2.05, 4.69) is 31.9 Å². The van der Waals surface area contributed by atoms with E-state index >= 15 is 0 Å². The van der Waals surface area contributed by atoms with E-state index in [0.29, 0.717) is 11.0 Å². The fraction of sp³-hybridized carbons (Fsp3) is 0.538. The summed E-state index contributed by atoms with van der Waals surface area (Å²) in [6.45, 7) is 8.17. The van der Waals surface area contributed by atoms with E-state index in [1.807, 2.05) is 27.7 Å². The van der Waals surface area contributed by atoms with Crippen molar-refractivity contribution in [1.29, 1.82) is 0 Å². The number of nitrogens with two attached hydrogens (primary N) is 1. The molecule has 114 valence electrons. The van der Waals surface area contributed by atoms with Gasteiger partial charge in [-0.1, -0.05) is 29.8 Å². The Morgan fingerprint density at radius 1 is 1.20 bits per heavy atom. The summed E-state index contributed by atoms with van der Waals surface area (Å²) >= 11 is 6.60. The van der Waals surface area contributed by atoms with Crippen LogP contribution < -0.4 is 5.73 Å². The van der Waals surface area contributed by atoms with Crippen LogP contribution >= 0.6 is 31.9 Å². The number of anilines is 1. The number of nitrogens with zero attached hydrogens (tertiary/aromatic N) is 1. The van der Waals surface area contributed by atoms with Crippen LogP contribution in [0.1, 0.15) is 27.7 Å². The molecule has 20 heavy (non-hydrogen) atoms. The van der Waals surface area contributed by atoms with Crippen molar-refractivity contribution in [1.82, 2.24) is 4.31 Å². The maximum atomic E-state index is 12.9. The van der Waals surface area contributed by atoms with Crippen LogP contribution in [0.3, 0.4) is 0 Å². The molecular weight excluding hydrogens is 408 g/mol. The normalized spacial score (nSPS) is 12.7. The fourth-order valence-corrected chi connectivity index (χ4v) is 5.73. The first-order valence-corrected chi connectivity index (χ1v) is 9.36. The maximum absolute atomic E-state index is 12.9. The summed E-state index contributed by atoms with van der Waals surface area (Å²) in [4.78, 5) is 0.134. The third-order valence-corrected chi connectivity index (χ3v) is 6.23. The zero-order valence-corrected chi connectivity index (χ0v) is 16.0. The molecule has 0 spiro atoms. The summed E-state index contributed by atoms with van der Waals surface area (Å²) in [5, 5.41) is 0. The summed E-state index contributed by atoms with van der Waals surface area (Å²) < 4.78 is 28.4. The Kier molecular flexibility index (Phi) is 6.07. The number of halogens is 2. The summed E-state index contributed by atoms with van der Waals surface area (Å²) in [5.74, 6) is 0.239. The number of hydrogen-bond acceptors (Lipinski definition) is 3. The molecule has 0 aliphatic rings. The number of hydrogen-bond donors (Lipinski definition) is 1. The molecule has 0 aliphatic carbocycles. The van der Waals surface area contributed by atoms with Gasteiger partial charge in [-0.3, -0.25) is 0 Å². The van der Waals surface area contributed by atoms with E-state index < -0.39 is 10.0 Å². The Morgan fingerprint density at radius 3 is 2.15 bits per heavy atom. The summed E-state index contributed by atoms with van der Waals surface area (Å²) in [6, 6.07) is 3.17. The van der Waals surface area contributed by atoms with Gasteiger partial charge in [0.05, 0.1) is 5.69 Å². The van der Waals surface area contributed by atoms with Gasteiger partial charge in [0.1, 0.15) is 4.90 Å². The molecule has 0 heterocycles. The number of nitrogen functional groups attached to an aromatic ring is 1. The molecule has 1 aromatic rings. The van der Waals surface area contributed by atoms with Crippen LogP contribution in [0.25, 0.3) is 0 Å². The van der Waals surface area contributed by atoms with Crippen LogP contribution in [0.5, 0.6) is 0 Å². The fourth-order valence-electron chi connectivity index (χ4n) is 1.92. The maximum Gasteiger partial charge on any atom is 0.246 e. The molecule has 0 amide bonds. The summed E-state index contributed by atoms with van der Waals surface area (Å²) in [5.41, 5.74) is 6.15. The highest BCUT2D eigenvalue weighted by molar-refractivity contribution is 9.11. The van der Waals surface area contributed by atoms with Gasteiger partial charge in [0.2, 0.25) is 10.0 Å². The van der Waals surface area contributed by atoms with Crippen LogP contribution in [-0.2, 0) is 10.0 Å². The number of benzene rings is 1. The second-order valence-corrected chi connectivity index (χ2v) is 8.97. The lowest BCUT2D eigenvalue weighted by Gasteiger charge is -2.28. The Bertz CT molecular complexity index is 563. The molecule has 0 unspecified atom stereocenters. The van der Waals surface area contributed by atoms with Gasteiger partial charge in [0.25, 0.3) is 0 Å². The lowest BCUT2D eigenvalue weighted by molar-refractivity contribution is 0.319. The predicted octanol–water partition coefficient (Wildman–Crippen LogP) is 3.85. The van der Waals surface area contributed by atoms with Crippen LogP contribution in [0.4, 0.5) is 5.69 Å². The van der Waals surface area contributed by atoms with E-state index in [1.54, 1.807) is 12.1 Å². The highest BCUT2D eigenvalue weighted by Gasteiger charge is 2.31. The Hall–Kier alpha value is -0.110. The van der Waals surface area contributed by atoms with E-state index in [1.165, 1.54) is 4.31 Å². The van der Waals surface area contributed by atoms with Gasteiger partial charge in [0.15, 0.2) is 0 Å². The number of sulfonamides is 1. The van der Waals surface area contributed by atoms with Crippen molar-refractivity contribution in [2.24, 2.45) is 5.92 Å². The standard InChI is InChI=1S/C13H20Br2N2O2S/c1-8(2)7-17(9(3)4)20(18,19)13-11(15)5-10(14)6-12(13)16/h5-6,8-9H,7,16H2,1-4H3. The van der Waals surface area contributed by atoms with Gasteiger partial charge < -0.3 is 5.73 Å². The van der Waals surface area contributed by atoms with Crippen molar-refractivity contribution in [3.8, 4) is 0 Å². The largest absolute Gasteiger partial charge is 0.398 e. The van der Waals surface area contributed by atoms with Gasteiger partial charge in [-0.05, 0) is 47.8 Å². The molecular formula is C13H20Br2N2O2S. The molecule has 0 fully saturated rings. The van der Waals surface area contributed by atoms with Crippen molar-refractivity contribution in [3.05, 3.63) is 21.1 Å². The average Bonchev–Trinajstić information content (AvgIpc) is 2.22. The lowest BCUT2D eigenvalue weighted by Crippen LogP contribution is -2.39. The minimum atomic E-state index is -3.63. The van der Waals surface area contributed by atoms with Crippen LogP contribution in [-0.4, -0.2) is 25.3 Å². The van der Waals surface area contributed by atoms with Crippen molar-refractivity contribution in [2.75, 3.05) is 12.3 Å². The second-order valence-electron chi connectivity index (χ2n) is 5.37. The van der Waals surface area contributed by atoms with Gasteiger partial charge in [-0.2, -0.15) is 4.31 Å². The quantitative estimate of drug-likeness (QED) is 0.725. The van der Waals surface area contributed by atoms with E-state index in [9.17, 15) is 8.42 Å². The molecule has 0 aliphatic heterocycles. The van der Waals surface area contributed by atoms with Crippen molar-refractivity contribution in [2.45, 2.75) is 38.6 Å². The Morgan fingerprint density at radius 2 is 1.75 bits per heavy atom. The lowest BCUT2D eigenvalue weighted by atomic mass is 10.2. The van der Waals surface area contributed by atoms with Crippen molar-refractivity contribution >= 4 is 47.6 Å². The van der Waals surface area contributed by atoms with Gasteiger partial charge in [-0.25, -0.2) is 8.42 Å². The molecule has 4 nitrogen and oxygen atoms in total. The molecule has 1 rings (SSSR count). The van der Waals surface area contributed by atoms with Gasteiger partial charge in [-0.15, -0.1) is 0 Å². The summed E-state index contributed by atoms with van der Waals surface area (Å²) in [7, 11) is -3.63. The molecule has 7 heteroatoms. The summed E-state index contributed by atoms with van der Waals surface area (Å²) in [6.07, 6.45) is 0. The Balaban J connectivity index is 3.41. The zero-order chi connectivity index (χ0) is 15.7. The molecule has 0 bridgehead atoms. The molecule has 2 N–H and O–H groups in total. The molecule has 0 saturated heterocycles. The van der Waals surface area contributed by atoms with Crippen molar-refractivity contribution in [3.63, 3.8) is 0 Å². The molecule has 0 aromatic heterocycles. The molecule has 0 radical (unpaired) electrons. The highest BCUT2D eigenvalue weighted by atomic mass is 79.9. The van der Waals surface area contributed by atoms with Gasteiger partial charge in [0, 0.05) is 21.5 Å². The SMILES string of the molecule is CC(C)CN(C(C)C)S(=O)(=O)c1c(N)cc(Br)cc1Br. The van der Waals surface area contributed by atoms with Crippen molar-refractivity contribution < 1.29 is 8.42 Å². The predicted molar refractivity (Wildman–Crippen MR) is 90.1 cm³/mol. The van der Waals surface area contributed by atoms with E-state index in [4.69, 9.17) is 5.73 Å². The molecule has 0 atom stereocenters. The molecule has 0 saturated carbocycles. The zero-order valence-electron chi connectivity index (χ0n) is 12.0. The Labute approximate surface area is 138 Å². The minimum Gasteiger partial charge on any atom is -0.398 e. The second kappa shape index (κ2) is 6.77. The van der Waals surface area contributed by atoms with E-state index in [0.717, 1.165) is 4.47 Å². The third-order valence-electron chi connectivity index (χ3n) is 2.72.